The van der Waals surface area contributed by atoms with Gasteiger partial charge in [-0.3, -0.25) is 4.79 Å². The maximum absolute atomic E-state index is 12.9. The lowest BCUT2D eigenvalue weighted by molar-refractivity contribution is -0.137. The predicted molar refractivity (Wildman–Crippen MR) is 103 cm³/mol. The van der Waals surface area contributed by atoms with Crippen LogP contribution in [-0.4, -0.2) is 47.2 Å². The van der Waals surface area contributed by atoms with Gasteiger partial charge in [-0.25, -0.2) is 4.98 Å². The summed E-state index contributed by atoms with van der Waals surface area (Å²) in [5, 5.41) is -0.145. The van der Waals surface area contributed by atoms with Gasteiger partial charge in [0.15, 0.2) is 0 Å². The molecule has 0 radical (unpaired) electrons. The van der Waals surface area contributed by atoms with Crippen LogP contribution in [0.2, 0.25) is 5.02 Å². The van der Waals surface area contributed by atoms with Gasteiger partial charge in [-0.2, -0.15) is 13.2 Å². The summed E-state index contributed by atoms with van der Waals surface area (Å²) in [4.78, 5) is 21.6. The number of halogens is 4. The van der Waals surface area contributed by atoms with Crippen molar-refractivity contribution in [2.45, 2.75) is 22.7 Å². The fraction of sp³-hybridized carbons (Fsp3) is 0.368. The molecule has 1 aromatic carbocycles. The highest BCUT2D eigenvalue weighted by atomic mass is 35.5. The highest BCUT2D eigenvalue weighted by Crippen LogP contribution is 2.38. The van der Waals surface area contributed by atoms with E-state index in [9.17, 15) is 18.0 Å². The third-order valence-corrected chi connectivity index (χ3v) is 6.55. The second-order valence-corrected chi connectivity index (χ2v) is 8.41. The topological polar surface area (TPSA) is 36.4 Å². The molecule has 2 aliphatic heterocycles. The van der Waals surface area contributed by atoms with Crippen molar-refractivity contribution < 1.29 is 18.0 Å². The van der Waals surface area contributed by atoms with Gasteiger partial charge in [-0.15, -0.1) is 11.8 Å². The number of alkyl halides is 3. The fourth-order valence-corrected chi connectivity index (χ4v) is 5.05. The molecule has 0 saturated carbocycles. The van der Waals surface area contributed by atoms with E-state index in [4.69, 9.17) is 11.6 Å². The average molecular weight is 428 g/mol. The lowest BCUT2D eigenvalue weighted by atomic mass is 10.1. The Balaban J connectivity index is 1.38. The van der Waals surface area contributed by atoms with E-state index in [1.54, 1.807) is 11.8 Å². The van der Waals surface area contributed by atoms with Gasteiger partial charge in [0.1, 0.15) is 5.82 Å². The Labute approximate surface area is 169 Å². The predicted octanol–water partition coefficient (Wildman–Crippen LogP) is 4.12. The van der Waals surface area contributed by atoms with Crippen LogP contribution in [-0.2, 0) is 17.4 Å². The number of anilines is 1. The maximum Gasteiger partial charge on any atom is 0.417 e. The number of rotatable bonds is 2. The summed E-state index contributed by atoms with van der Waals surface area (Å²) >= 11 is 7.63. The van der Waals surface area contributed by atoms with Crippen LogP contribution in [0.3, 0.4) is 0 Å². The van der Waals surface area contributed by atoms with Crippen molar-refractivity contribution in [2.75, 3.05) is 31.1 Å². The van der Waals surface area contributed by atoms with Crippen LogP contribution in [0.15, 0.2) is 41.4 Å². The van der Waals surface area contributed by atoms with E-state index in [1.165, 1.54) is 5.56 Å². The molecule has 28 heavy (non-hydrogen) atoms. The third-order valence-electron chi connectivity index (χ3n) is 4.96. The molecule has 1 atom stereocenters. The monoisotopic (exact) mass is 427 g/mol. The molecule has 0 N–H and O–H groups in total. The van der Waals surface area contributed by atoms with Gasteiger partial charge in [0, 0.05) is 37.3 Å². The Bertz CT molecular complexity index is 875. The van der Waals surface area contributed by atoms with Gasteiger partial charge >= 0.3 is 6.18 Å². The van der Waals surface area contributed by atoms with Crippen molar-refractivity contribution >= 4 is 35.1 Å². The van der Waals surface area contributed by atoms with Crippen molar-refractivity contribution in [1.82, 2.24) is 9.88 Å². The van der Waals surface area contributed by atoms with Crippen molar-refractivity contribution in [3.8, 4) is 0 Å². The molecule has 1 amide bonds. The number of fused-ring (bicyclic) bond motifs is 1. The number of hydrogen-bond acceptors (Lipinski definition) is 4. The molecular formula is C19H17ClF3N3OS. The quantitative estimate of drug-likeness (QED) is 0.722. The molecule has 1 saturated heterocycles. The van der Waals surface area contributed by atoms with Crippen molar-refractivity contribution in [3.05, 3.63) is 52.7 Å². The minimum atomic E-state index is -4.48. The molecule has 1 fully saturated rings. The zero-order valence-corrected chi connectivity index (χ0v) is 16.3. The van der Waals surface area contributed by atoms with E-state index >= 15 is 0 Å². The van der Waals surface area contributed by atoms with E-state index in [-0.39, 0.29) is 16.2 Å². The molecular weight excluding hydrogens is 411 g/mol. The van der Waals surface area contributed by atoms with Gasteiger partial charge in [0.25, 0.3) is 0 Å². The lowest BCUT2D eigenvalue weighted by Crippen LogP contribution is -2.51. The van der Waals surface area contributed by atoms with E-state index in [1.807, 2.05) is 34.1 Å². The molecule has 4 nitrogen and oxygen atoms in total. The van der Waals surface area contributed by atoms with Crippen LogP contribution in [0.5, 0.6) is 0 Å². The summed E-state index contributed by atoms with van der Waals surface area (Å²) in [7, 11) is 0. The molecule has 9 heteroatoms. The summed E-state index contributed by atoms with van der Waals surface area (Å²) in [6.45, 7) is 1.94. The number of hydrogen-bond donors (Lipinski definition) is 0. The average Bonchev–Trinajstić information content (AvgIpc) is 3.11. The van der Waals surface area contributed by atoms with E-state index in [2.05, 4.69) is 4.98 Å². The van der Waals surface area contributed by atoms with Gasteiger partial charge < -0.3 is 9.80 Å². The lowest BCUT2D eigenvalue weighted by Gasteiger charge is -2.36. The summed E-state index contributed by atoms with van der Waals surface area (Å²) < 4.78 is 38.3. The second kappa shape index (κ2) is 7.48. The fourth-order valence-electron chi connectivity index (χ4n) is 3.48. The van der Waals surface area contributed by atoms with Crippen molar-refractivity contribution in [3.63, 3.8) is 0 Å². The molecule has 0 aliphatic carbocycles. The third kappa shape index (κ3) is 3.80. The van der Waals surface area contributed by atoms with Crippen LogP contribution >= 0.6 is 23.4 Å². The first-order valence-corrected chi connectivity index (χ1v) is 10.1. The SMILES string of the molecule is O=C(C1Cc2ccccc2S1)N1CCN(c2ncc(C(F)(F)F)cc2Cl)CC1. The van der Waals surface area contributed by atoms with E-state index < -0.39 is 11.7 Å². The Morgan fingerprint density at radius 2 is 1.89 bits per heavy atom. The zero-order valence-electron chi connectivity index (χ0n) is 14.7. The largest absolute Gasteiger partial charge is 0.417 e. The number of carbonyl (C=O) groups excluding carboxylic acids is 1. The molecule has 0 bridgehead atoms. The van der Waals surface area contributed by atoms with Gasteiger partial charge in [0.05, 0.1) is 15.8 Å². The zero-order chi connectivity index (χ0) is 19.9. The molecule has 2 aromatic rings. The molecule has 148 valence electrons. The molecule has 0 spiro atoms. The standard InChI is InChI=1S/C19H17ClF3N3OS/c20-14-10-13(19(21,22)23)11-24-17(14)25-5-7-26(8-6-25)18(27)16-9-12-3-1-2-4-15(12)28-16/h1-4,10-11,16H,5-9H2. The van der Waals surface area contributed by atoms with Gasteiger partial charge in [0.2, 0.25) is 5.91 Å². The summed E-state index contributed by atoms with van der Waals surface area (Å²) in [6, 6.07) is 8.92. The number of benzene rings is 1. The molecule has 4 rings (SSSR count). The van der Waals surface area contributed by atoms with Crippen LogP contribution in [0.1, 0.15) is 11.1 Å². The van der Waals surface area contributed by atoms with Crippen LogP contribution in [0, 0.1) is 0 Å². The van der Waals surface area contributed by atoms with Crippen LogP contribution < -0.4 is 4.90 Å². The first-order chi connectivity index (χ1) is 13.3. The maximum atomic E-state index is 12.9. The van der Waals surface area contributed by atoms with Gasteiger partial charge in [-0.1, -0.05) is 29.8 Å². The number of amides is 1. The van der Waals surface area contributed by atoms with Crippen LogP contribution in [0.25, 0.3) is 0 Å². The summed E-state index contributed by atoms with van der Waals surface area (Å²) in [5.41, 5.74) is 0.332. The number of piperazine rings is 1. The van der Waals surface area contributed by atoms with E-state index in [0.717, 1.165) is 23.6 Å². The number of aromatic nitrogens is 1. The highest BCUT2D eigenvalue weighted by Gasteiger charge is 2.34. The first-order valence-electron chi connectivity index (χ1n) is 8.84. The Kier molecular flexibility index (Phi) is 5.18. The number of pyridine rings is 1. The molecule has 1 aromatic heterocycles. The Hall–Kier alpha value is -1.93. The minimum Gasteiger partial charge on any atom is -0.352 e. The van der Waals surface area contributed by atoms with Crippen molar-refractivity contribution in [2.24, 2.45) is 0 Å². The Morgan fingerprint density at radius 1 is 1.18 bits per heavy atom. The van der Waals surface area contributed by atoms with Crippen molar-refractivity contribution in [1.29, 1.82) is 0 Å². The van der Waals surface area contributed by atoms with Gasteiger partial charge in [-0.05, 0) is 24.1 Å². The van der Waals surface area contributed by atoms with E-state index in [0.29, 0.717) is 32.0 Å². The number of thioether (sulfide) groups is 1. The molecule has 3 heterocycles. The minimum absolute atomic E-state index is 0.0311. The molecule has 1 unspecified atom stereocenters. The number of carbonyl (C=O) groups is 1. The first kappa shape index (κ1) is 19.4. The Morgan fingerprint density at radius 3 is 2.54 bits per heavy atom. The number of nitrogens with zero attached hydrogens (tertiary/aromatic N) is 3. The normalized spacial score (nSPS) is 19.6. The summed E-state index contributed by atoms with van der Waals surface area (Å²) in [6.07, 6.45) is -2.95. The smallest absolute Gasteiger partial charge is 0.352 e. The highest BCUT2D eigenvalue weighted by molar-refractivity contribution is 8.01. The summed E-state index contributed by atoms with van der Waals surface area (Å²) in [5.74, 6) is 0.428. The molecule has 2 aliphatic rings. The van der Waals surface area contributed by atoms with Crippen LogP contribution in [0.4, 0.5) is 19.0 Å². The second-order valence-electron chi connectivity index (χ2n) is 6.76.